The molecule has 9 heteroatoms. The van der Waals surface area contributed by atoms with Crippen molar-refractivity contribution in [3.05, 3.63) is 88.4 Å². The molecule has 34 heavy (non-hydrogen) atoms. The molecule has 4 aromatic rings. The van der Waals surface area contributed by atoms with Crippen molar-refractivity contribution in [3.63, 3.8) is 0 Å². The minimum Gasteiger partial charge on any atom is -0.318 e. The van der Waals surface area contributed by atoms with E-state index in [1.54, 1.807) is 18.2 Å². The maximum absolute atomic E-state index is 13.3. The summed E-state index contributed by atoms with van der Waals surface area (Å²) in [4.78, 5) is 40.3. The molecule has 1 aliphatic rings. The second-order valence-electron chi connectivity index (χ2n) is 8.19. The van der Waals surface area contributed by atoms with Crippen LogP contribution in [0.3, 0.4) is 0 Å². The Kier molecular flexibility index (Phi) is 5.41. The summed E-state index contributed by atoms with van der Waals surface area (Å²) in [6, 6.07) is 20.1. The number of aromatic nitrogens is 2. The number of fused-ring (bicyclic) bond motifs is 1. The fourth-order valence-electron chi connectivity index (χ4n) is 4.28. The largest absolute Gasteiger partial charge is 0.344 e. The summed E-state index contributed by atoms with van der Waals surface area (Å²) in [7, 11) is 0. The van der Waals surface area contributed by atoms with Crippen LogP contribution < -0.4 is 10.7 Å². The minimum absolute atomic E-state index is 0.353. The Morgan fingerprint density at radius 2 is 1.76 bits per heavy atom. The Bertz CT molecular complexity index is 1400. The lowest BCUT2D eigenvalue weighted by Crippen LogP contribution is -2.48. The maximum atomic E-state index is 13.3. The van der Waals surface area contributed by atoms with Crippen LogP contribution >= 0.6 is 11.3 Å². The van der Waals surface area contributed by atoms with E-state index in [1.807, 2.05) is 67.1 Å². The molecule has 0 aliphatic carbocycles. The van der Waals surface area contributed by atoms with Gasteiger partial charge in [0, 0.05) is 5.39 Å². The number of imide groups is 1. The van der Waals surface area contributed by atoms with Gasteiger partial charge in [-0.3, -0.25) is 19.7 Å². The number of hydrazine groups is 1. The maximum Gasteiger partial charge on any atom is 0.344 e. The highest BCUT2D eigenvalue weighted by Gasteiger charge is 2.52. The van der Waals surface area contributed by atoms with Gasteiger partial charge in [0.1, 0.15) is 10.4 Å². The monoisotopic (exact) mass is 473 g/mol. The Labute approximate surface area is 200 Å². The number of thiophene rings is 1. The van der Waals surface area contributed by atoms with Gasteiger partial charge in [-0.2, -0.15) is 10.1 Å². The molecule has 0 bridgehead atoms. The summed E-state index contributed by atoms with van der Waals surface area (Å²) in [6.07, 6.45) is 0.353. The highest BCUT2D eigenvalue weighted by Crippen LogP contribution is 2.32. The molecule has 4 amide bonds. The summed E-state index contributed by atoms with van der Waals surface area (Å²) in [5.41, 5.74) is 3.88. The van der Waals surface area contributed by atoms with Gasteiger partial charge in [0.05, 0.1) is 17.1 Å². The lowest BCUT2D eigenvalue weighted by molar-refractivity contribution is -0.133. The molecular weight excluding hydrogens is 450 g/mol. The van der Waals surface area contributed by atoms with E-state index in [0.29, 0.717) is 23.4 Å². The summed E-state index contributed by atoms with van der Waals surface area (Å²) in [5, 5.41) is 9.03. The van der Waals surface area contributed by atoms with E-state index in [4.69, 9.17) is 0 Å². The molecule has 0 saturated carbocycles. The van der Waals surface area contributed by atoms with Crippen molar-refractivity contribution in [2.45, 2.75) is 32.4 Å². The number of aryl methyl sites for hydroxylation is 1. The quantitative estimate of drug-likeness (QED) is 0.415. The summed E-state index contributed by atoms with van der Waals surface area (Å²) >= 11 is 1.28. The van der Waals surface area contributed by atoms with Crippen LogP contribution in [0.15, 0.2) is 66.7 Å². The van der Waals surface area contributed by atoms with Crippen LogP contribution in [0.5, 0.6) is 0 Å². The van der Waals surface area contributed by atoms with E-state index in [2.05, 4.69) is 15.8 Å². The number of urea groups is 1. The van der Waals surface area contributed by atoms with Crippen LogP contribution in [0, 0.1) is 6.92 Å². The molecule has 0 unspecified atom stereocenters. The molecule has 1 saturated heterocycles. The SMILES string of the molecule is CC[C@@]1(c2ccccc2)NC(=O)N(NC(=O)c2cc3c(C)nn(Cc4ccccc4)c3s2)C1=O. The van der Waals surface area contributed by atoms with Crippen molar-refractivity contribution in [1.29, 1.82) is 0 Å². The van der Waals surface area contributed by atoms with Crippen LogP contribution in [0.1, 0.15) is 39.8 Å². The van der Waals surface area contributed by atoms with Gasteiger partial charge in [-0.1, -0.05) is 67.6 Å². The van der Waals surface area contributed by atoms with Gasteiger partial charge < -0.3 is 5.32 Å². The molecule has 2 aromatic heterocycles. The molecular formula is C25H23N5O3S. The topological polar surface area (TPSA) is 96.3 Å². The Balaban J connectivity index is 1.40. The van der Waals surface area contributed by atoms with E-state index in [1.165, 1.54) is 11.3 Å². The van der Waals surface area contributed by atoms with E-state index in [0.717, 1.165) is 26.5 Å². The number of amides is 4. The standard InChI is InChI=1S/C25H23N5O3S/c1-3-25(18-12-8-5-9-13-18)23(32)30(24(33)26-25)28-21(31)20-14-19-16(2)27-29(22(19)34-20)15-17-10-6-4-7-11-17/h4-14H,3,15H2,1-2H3,(H,26,33)(H,28,31)/t25-/m0/s1. The molecule has 1 aliphatic heterocycles. The minimum atomic E-state index is -1.21. The molecule has 3 heterocycles. The van der Waals surface area contributed by atoms with E-state index in [-0.39, 0.29) is 0 Å². The predicted octanol–water partition coefficient (Wildman–Crippen LogP) is 3.96. The third-order valence-electron chi connectivity index (χ3n) is 6.11. The molecule has 172 valence electrons. The van der Waals surface area contributed by atoms with Crippen LogP contribution in [0.4, 0.5) is 4.79 Å². The lowest BCUT2D eigenvalue weighted by Gasteiger charge is -2.25. The van der Waals surface area contributed by atoms with Gasteiger partial charge in [0.2, 0.25) is 0 Å². The second-order valence-corrected chi connectivity index (χ2v) is 9.23. The molecule has 1 fully saturated rings. The molecule has 0 spiro atoms. The van der Waals surface area contributed by atoms with Crippen molar-refractivity contribution >= 4 is 39.4 Å². The van der Waals surface area contributed by atoms with Crippen molar-refractivity contribution in [2.24, 2.45) is 0 Å². The third kappa shape index (κ3) is 3.54. The fourth-order valence-corrected chi connectivity index (χ4v) is 5.33. The molecule has 2 aromatic carbocycles. The first-order valence-electron chi connectivity index (χ1n) is 11.0. The van der Waals surface area contributed by atoms with Crippen molar-refractivity contribution < 1.29 is 14.4 Å². The smallest absolute Gasteiger partial charge is 0.318 e. The normalized spacial score (nSPS) is 17.9. The number of nitrogens with one attached hydrogen (secondary N) is 2. The Morgan fingerprint density at radius 1 is 1.09 bits per heavy atom. The van der Waals surface area contributed by atoms with Gasteiger partial charge >= 0.3 is 6.03 Å². The molecule has 1 atom stereocenters. The number of rotatable bonds is 6. The van der Waals surface area contributed by atoms with Crippen LogP contribution in [0.25, 0.3) is 10.2 Å². The number of hydrogen-bond acceptors (Lipinski definition) is 5. The first-order chi connectivity index (χ1) is 16.4. The molecule has 0 radical (unpaired) electrons. The van der Waals surface area contributed by atoms with Crippen molar-refractivity contribution in [2.75, 3.05) is 0 Å². The number of nitrogens with zero attached hydrogens (tertiary/aromatic N) is 3. The van der Waals surface area contributed by atoms with Gasteiger partial charge in [-0.25, -0.2) is 4.79 Å². The number of benzene rings is 2. The van der Waals surface area contributed by atoms with Gasteiger partial charge in [0.15, 0.2) is 0 Å². The average molecular weight is 474 g/mol. The summed E-state index contributed by atoms with van der Waals surface area (Å²) in [5.74, 6) is -1.03. The highest BCUT2D eigenvalue weighted by molar-refractivity contribution is 7.20. The lowest BCUT2D eigenvalue weighted by atomic mass is 9.87. The first-order valence-corrected chi connectivity index (χ1v) is 11.8. The number of carbonyl (C=O) groups excluding carboxylic acids is 3. The Morgan fingerprint density at radius 3 is 2.44 bits per heavy atom. The van der Waals surface area contributed by atoms with Crippen molar-refractivity contribution in [1.82, 2.24) is 25.5 Å². The third-order valence-corrected chi connectivity index (χ3v) is 7.26. The predicted molar refractivity (Wildman–Crippen MR) is 129 cm³/mol. The highest BCUT2D eigenvalue weighted by atomic mass is 32.1. The van der Waals surface area contributed by atoms with E-state index >= 15 is 0 Å². The summed E-state index contributed by atoms with van der Waals surface area (Å²) < 4.78 is 1.87. The second kappa shape index (κ2) is 8.42. The molecule has 8 nitrogen and oxygen atoms in total. The molecule has 2 N–H and O–H groups in total. The zero-order chi connectivity index (χ0) is 23.9. The van der Waals surface area contributed by atoms with Crippen LogP contribution in [0.2, 0.25) is 0 Å². The van der Waals surface area contributed by atoms with Crippen LogP contribution in [-0.2, 0) is 16.9 Å². The van der Waals surface area contributed by atoms with Crippen molar-refractivity contribution in [3.8, 4) is 0 Å². The van der Waals surface area contributed by atoms with E-state index < -0.39 is 23.4 Å². The summed E-state index contributed by atoms with van der Waals surface area (Å²) in [6.45, 7) is 4.30. The zero-order valence-electron chi connectivity index (χ0n) is 18.7. The Hall–Kier alpha value is -3.98. The van der Waals surface area contributed by atoms with Gasteiger partial charge in [-0.05, 0) is 30.5 Å². The van der Waals surface area contributed by atoms with Gasteiger partial charge in [0.25, 0.3) is 11.8 Å². The van der Waals surface area contributed by atoms with Crippen LogP contribution in [-0.4, -0.2) is 32.6 Å². The van der Waals surface area contributed by atoms with E-state index in [9.17, 15) is 14.4 Å². The number of hydrogen-bond donors (Lipinski definition) is 2. The fraction of sp³-hybridized carbons (Fsp3) is 0.200. The molecule has 5 rings (SSSR count). The zero-order valence-corrected chi connectivity index (χ0v) is 19.6. The average Bonchev–Trinajstić information content (AvgIpc) is 3.49. The first kappa shape index (κ1) is 21.8. The number of carbonyl (C=O) groups is 3. The van der Waals surface area contributed by atoms with Gasteiger partial charge in [-0.15, -0.1) is 11.3 Å².